The highest BCUT2D eigenvalue weighted by Crippen LogP contribution is 2.28. The molecular formula is C13H18ClNO2. The smallest absolute Gasteiger partial charge is 0.337 e. The second kappa shape index (κ2) is 4.96. The van der Waals surface area contributed by atoms with E-state index in [1.165, 1.54) is 0 Å². The van der Waals surface area contributed by atoms with Crippen molar-refractivity contribution in [1.29, 1.82) is 0 Å². The zero-order valence-electron chi connectivity index (χ0n) is 10.6. The molecule has 1 aromatic rings. The number of halogens is 1. The Bertz CT molecular complexity index is 429. The number of hydrogen-bond acceptors (Lipinski definition) is 2. The molecule has 0 unspecified atom stereocenters. The Hall–Kier alpha value is -1.22. The molecule has 1 rings (SSSR count). The van der Waals surface area contributed by atoms with Gasteiger partial charge in [0.2, 0.25) is 0 Å². The zero-order valence-corrected chi connectivity index (χ0v) is 11.4. The van der Waals surface area contributed by atoms with E-state index in [1.54, 1.807) is 18.2 Å². The maximum absolute atomic E-state index is 10.9. The molecule has 94 valence electrons. The van der Waals surface area contributed by atoms with E-state index in [9.17, 15) is 4.79 Å². The average Bonchev–Trinajstić information content (AvgIpc) is 2.27. The molecule has 1 aromatic carbocycles. The van der Waals surface area contributed by atoms with E-state index in [4.69, 9.17) is 16.7 Å². The topological polar surface area (TPSA) is 40.5 Å². The van der Waals surface area contributed by atoms with Crippen LogP contribution in [0.1, 0.15) is 37.6 Å². The van der Waals surface area contributed by atoms with Gasteiger partial charge in [0.05, 0.1) is 10.6 Å². The summed E-state index contributed by atoms with van der Waals surface area (Å²) >= 11 is 5.95. The fourth-order valence-electron chi connectivity index (χ4n) is 1.47. The highest BCUT2D eigenvalue weighted by molar-refractivity contribution is 6.33. The van der Waals surface area contributed by atoms with Gasteiger partial charge in [0.15, 0.2) is 0 Å². The summed E-state index contributed by atoms with van der Waals surface area (Å²) in [5, 5.41) is 9.18. The number of anilines is 1. The van der Waals surface area contributed by atoms with E-state index in [1.807, 2.05) is 7.05 Å². The predicted octanol–water partition coefficient (Wildman–Crippen LogP) is 3.66. The summed E-state index contributed by atoms with van der Waals surface area (Å²) < 4.78 is 0. The molecular weight excluding hydrogens is 238 g/mol. The summed E-state index contributed by atoms with van der Waals surface area (Å²) in [7, 11) is 1.98. The first kappa shape index (κ1) is 13.8. The Morgan fingerprint density at radius 3 is 2.47 bits per heavy atom. The second-order valence-electron chi connectivity index (χ2n) is 4.69. The predicted molar refractivity (Wildman–Crippen MR) is 71.2 cm³/mol. The number of benzene rings is 1. The van der Waals surface area contributed by atoms with Crippen molar-refractivity contribution in [2.24, 2.45) is 0 Å². The van der Waals surface area contributed by atoms with Gasteiger partial charge in [0.25, 0.3) is 0 Å². The number of rotatable bonds is 4. The molecule has 4 heteroatoms. The molecule has 0 saturated carbocycles. The van der Waals surface area contributed by atoms with Crippen molar-refractivity contribution in [3.63, 3.8) is 0 Å². The molecule has 1 N–H and O–H groups in total. The van der Waals surface area contributed by atoms with Gasteiger partial charge in [-0.1, -0.05) is 18.5 Å². The number of carboxylic acids is 1. The number of carboxylic acid groups (broad SMARTS) is 1. The van der Waals surface area contributed by atoms with Crippen molar-refractivity contribution in [1.82, 2.24) is 0 Å². The van der Waals surface area contributed by atoms with Crippen LogP contribution >= 0.6 is 11.6 Å². The van der Waals surface area contributed by atoms with Crippen LogP contribution in [0.3, 0.4) is 0 Å². The van der Waals surface area contributed by atoms with Crippen LogP contribution in [0.25, 0.3) is 0 Å². The first-order valence-corrected chi connectivity index (χ1v) is 5.94. The van der Waals surface area contributed by atoms with Crippen LogP contribution in [0.2, 0.25) is 5.02 Å². The SMILES string of the molecule is CCC(C)(C)N(C)c1ccc(C(=O)O)c(Cl)c1. The molecule has 0 aliphatic rings. The summed E-state index contributed by atoms with van der Waals surface area (Å²) in [6.45, 7) is 6.38. The minimum Gasteiger partial charge on any atom is -0.478 e. The maximum Gasteiger partial charge on any atom is 0.337 e. The molecule has 0 aromatic heterocycles. The van der Waals surface area contributed by atoms with Crippen LogP contribution in [-0.4, -0.2) is 23.7 Å². The van der Waals surface area contributed by atoms with Crippen LogP contribution in [0.4, 0.5) is 5.69 Å². The van der Waals surface area contributed by atoms with Gasteiger partial charge in [-0.05, 0) is 38.5 Å². The van der Waals surface area contributed by atoms with Crippen molar-refractivity contribution in [2.75, 3.05) is 11.9 Å². The summed E-state index contributed by atoms with van der Waals surface area (Å²) in [4.78, 5) is 13.0. The summed E-state index contributed by atoms with van der Waals surface area (Å²) in [5.74, 6) is -1.00. The number of carbonyl (C=O) groups is 1. The molecule has 0 aliphatic carbocycles. The molecule has 17 heavy (non-hydrogen) atoms. The van der Waals surface area contributed by atoms with E-state index in [0.29, 0.717) is 0 Å². The molecule has 0 radical (unpaired) electrons. The molecule has 0 fully saturated rings. The highest BCUT2D eigenvalue weighted by atomic mass is 35.5. The highest BCUT2D eigenvalue weighted by Gasteiger charge is 2.22. The Labute approximate surface area is 107 Å². The average molecular weight is 256 g/mol. The second-order valence-corrected chi connectivity index (χ2v) is 5.10. The van der Waals surface area contributed by atoms with Gasteiger partial charge in [0, 0.05) is 18.3 Å². The lowest BCUT2D eigenvalue weighted by atomic mass is 9.99. The third kappa shape index (κ3) is 2.91. The third-order valence-corrected chi connectivity index (χ3v) is 3.66. The summed E-state index contributed by atoms with van der Waals surface area (Å²) in [5.41, 5.74) is 1.07. The van der Waals surface area contributed by atoms with Crippen LogP contribution in [-0.2, 0) is 0 Å². The van der Waals surface area contributed by atoms with Crippen molar-refractivity contribution < 1.29 is 9.90 Å². The summed E-state index contributed by atoms with van der Waals surface area (Å²) in [6.07, 6.45) is 0.988. The van der Waals surface area contributed by atoms with Crippen molar-refractivity contribution in [3.05, 3.63) is 28.8 Å². The van der Waals surface area contributed by atoms with Gasteiger partial charge < -0.3 is 10.0 Å². The Balaban J connectivity index is 3.10. The van der Waals surface area contributed by atoms with Gasteiger partial charge in [0.1, 0.15) is 0 Å². The van der Waals surface area contributed by atoms with Crippen molar-refractivity contribution in [2.45, 2.75) is 32.7 Å². The van der Waals surface area contributed by atoms with Gasteiger partial charge in [-0.25, -0.2) is 4.79 Å². The molecule has 0 bridgehead atoms. The Kier molecular flexibility index (Phi) is 4.04. The van der Waals surface area contributed by atoms with Gasteiger partial charge in [-0.2, -0.15) is 0 Å². The fourth-order valence-corrected chi connectivity index (χ4v) is 1.73. The maximum atomic E-state index is 10.9. The molecule has 0 aliphatic heterocycles. The molecule has 0 atom stereocenters. The minimum absolute atomic E-state index is 0.00801. The minimum atomic E-state index is -1.00. The van der Waals surface area contributed by atoms with Crippen molar-refractivity contribution in [3.8, 4) is 0 Å². The van der Waals surface area contributed by atoms with E-state index in [2.05, 4.69) is 25.7 Å². The molecule has 0 saturated heterocycles. The molecule has 0 amide bonds. The van der Waals surface area contributed by atoms with Crippen LogP contribution in [0, 0.1) is 0 Å². The standard InChI is InChI=1S/C13H18ClNO2/c1-5-13(2,3)15(4)9-6-7-10(12(16)17)11(14)8-9/h6-8H,5H2,1-4H3,(H,16,17). The lowest BCUT2D eigenvalue weighted by Gasteiger charge is -2.37. The Morgan fingerprint density at radius 1 is 1.47 bits per heavy atom. The lowest BCUT2D eigenvalue weighted by molar-refractivity contribution is 0.0697. The van der Waals surface area contributed by atoms with Gasteiger partial charge in [-0.15, -0.1) is 0 Å². The molecule has 0 spiro atoms. The normalized spacial score (nSPS) is 11.4. The zero-order chi connectivity index (χ0) is 13.2. The quantitative estimate of drug-likeness (QED) is 0.893. The van der Waals surface area contributed by atoms with Crippen LogP contribution < -0.4 is 4.90 Å². The first-order chi connectivity index (χ1) is 7.79. The number of hydrogen-bond donors (Lipinski definition) is 1. The van der Waals surface area contributed by atoms with E-state index in [0.717, 1.165) is 12.1 Å². The third-order valence-electron chi connectivity index (χ3n) is 3.34. The van der Waals surface area contributed by atoms with Crippen molar-refractivity contribution >= 4 is 23.3 Å². The largest absolute Gasteiger partial charge is 0.478 e. The van der Waals surface area contributed by atoms with Crippen LogP contribution in [0.15, 0.2) is 18.2 Å². The first-order valence-electron chi connectivity index (χ1n) is 5.56. The van der Waals surface area contributed by atoms with E-state index >= 15 is 0 Å². The van der Waals surface area contributed by atoms with Gasteiger partial charge in [-0.3, -0.25) is 0 Å². The number of nitrogens with zero attached hydrogens (tertiary/aromatic N) is 1. The lowest BCUT2D eigenvalue weighted by Crippen LogP contribution is -2.40. The Morgan fingerprint density at radius 2 is 2.06 bits per heavy atom. The van der Waals surface area contributed by atoms with Gasteiger partial charge >= 0.3 is 5.97 Å². The van der Waals surface area contributed by atoms with Crippen LogP contribution in [0.5, 0.6) is 0 Å². The summed E-state index contributed by atoms with van der Waals surface area (Å²) in [6, 6.07) is 5.03. The van der Waals surface area contributed by atoms with E-state index in [-0.39, 0.29) is 16.1 Å². The van der Waals surface area contributed by atoms with E-state index < -0.39 is 5.97 Å². The molecule has 3 nitrogen and oxygen atoms in total. The fraction of sp³-hybridized carbons (Fsp3) is 0.462. The number of aromatic carboxylic acids is 1. The monoisotopic (exact) mass is 255 g/mol. The molecule has 0 heterocycles.